The van der Waals surface area contributed by atoms with Gasteiger partial charge in [0.2, 0.25) is 0 Å². The first kappa shape index (κ1) is 14.5. The number of hydrogen-bond acceptors (Lipinski definition) is 3. The molecule has 0 saturated carbocycles. The van der Waals surface area contributed by atoms with E-state index in [4.69, 9.17) is 4.74 Å². The zero-order chi connectivity index (χ0) is 15.7. The number of halogens is 2. The number of carbonyl (C=O) groups is 1. The van der Waals surface area contributed by atoms with Crippen LogP contribution in [0, 0.1) is 11.6 Å². The van der Waals surface area contributed by atoms with E-state index in [1.165, 1.54) is 48.8 Å². The monoisotopic (exact) mass is 319 g/mol. The summed E-state index contributed by atoms with van der Waals surface area (Å²) in [5.74, 6) is -1.00. The van der Waals surface area contributed by atoms with E-state index in [1.54, 1.807) is 12.1 Å². The second-order valence-electron chi connectivity index (χ2n) is 4.56. The molecule has 3 aromatic rings. The number of fused-ring (bicyclic) bond motifs is 1. The van der Waals surface area contributed by atoms with Gasteiger partial charge in [-0.3, -0.25) is 4.79 Å². The van der Waals surface area contributed by atoms with Crippen molar-refractivity contribution in [2.75, 3.05) is 12.4 Å². The van der Waals surface area contributed by atoms with Gasteiger partial charge in [0.05, 0.1) is 17.7 Å². The minimum absolute atomic E-state index is 0.223. The molecule has 0 fully saturated rings. The van der Waals surface area contributed by atoms with Crippen molar-refractivity contribution in [2.45, 2.75) is 0 Å². The Labute approximate surface area is 129 Å². The Morgan fingerprint density at radius 1 is 1.18 bits per heavy atom. The SMILES string of the molecule is COc1cc(F)ccc1NC(=O)c1cc2c(F)cccc2s1. The first-order chi connectivity index (χ1) is 10.6. The second kappa shape index (κ2) is 5.73. The smallest absolute Gasteiger partial charge is 0.265 e. The van der Waals surface area contributed by atoms with E-state index < -0.39 is 11.7 Å². The molecule has 1 N–H and O–H groups in total. The minimum atomic E-state index is -0.459. The lowest BCUT2D eigenvalue weighted by atomic mass is 10.2. The number of methoxy groups -OCH3 is 1. The predicted molar refractivity (Wildman–Crippen MR) is 82.7 cm³/mol. The number of benzene rings is 2. The summed E-state index contributed by atoms with van der Waals surface area (Å²) >= 11 is 1.19. The molecule has 0 aliphatic rings. The van der Waals surface area contributed by atoms with Gasteiger partial charge in [-0.15, -0.1) is 11.3 Å². The van der Waals surface area contributed by atoms with Crippen molar-refractivity contribution < 1.29 is 18.3 Å². The highest BCUT2D eigenvalue weighted by Crippen LogP contribution is 2.30. The second-order valence-corrected chi connectivity index (χ2v) is 5.64. The van der Waals surface area contributed by atoms with Crippen molar-refractivity contribution in [1.82, 2.24) is 0 Å². The fraction of sp³-hybridized carbons (Fsp3) is 0.0625. The molecule has 0 radical (unpaired) electrons. The van der Waals surface area contributed by atoms with Crippen LogP contribution in [-0.4, -0.2) is 13.0 Å². The summed E-state index contributed by atoms with van der Waals surface area (Å²) in [4.78, 5) is 12.6. The lowest BCUT2D eigenvalue weighted by molar-refractivity contribution is 0.103. The largest absolute Gasteiger partial charge is 0.494 e. The Balaban J connectivity index is 1.92. The van der Waals surface area contributed by atoms with Gasteiger partial charge in [0.15, 0.2) is 0 Å². The van der Waals surface area contributed by atoms with Crippen molar-refractivity contribution in [3.8, 4) is 5.75 Å². The molecule has 112 valence electrons. The molecule has 3 rings (SSSR count). The van der Waals surface area contributed by atoms with Crippen LogP contribution in [0.4, 0.5) is 14.5 Å². The zero-order valence-corrected chi connectivity index (χ0v) is 12.3. The third kappa shape index (κ3) is 2.65. The maximum Gasteiger partial charge on any atom is 0.265 e. The molecule has 0 atom stereocenters. The van der Waals surface area contributed by atoms with Crippen molar-refractivity contribution in [3.05, 3.63) is 59.0 Å². The van der Waals surface area contributed by atoms with Crippen LogP contribution in [0.3, 0.4) is 0 Å². The highest BCUT2D eigenvalue weighted by atomic mass is 32.1. The van der Waals surface area contributed by atoms with Crippen LogP contribution < -0.4 is 10.1 Å². The molecule has 0 aliphatic carbocycles. The quantitative estimate of drug-likeness (QED) is 0.775. The molecule has 2 aromatic carbocycles. The fourth-order valence-electron chi connectivity index (χ4n) is 2.09. The number of hydrogen-bond donors (Lipinski definition) is 1. The third-order valence-corrected chi connectivity index (χ3v) is 4.24. The predicted octanol–water partition coefficient (Wildman–Crippen LogP) is 4.44. The van der Waals surface area contributed by atoms with Gasteiger partial charge < -0.3 is 10.1 Å². The average molecular weight is 319 g/mol. The minimum Gasteiger partial charge on any atom is -0.494 e. The Morgan fingerprint density at radius 3 is 2.73 bits per heavy atom. The van der Waals surface area contributed by atoms with Crippen LogP contribution in [-0.2, 0) is 0 Å². The molecule has 6 heteroatoms. The third-order valence-electron chi connectivity index (χ3n) is 3.14. The molecule has 1 amide bonds. The van der Waals surface area contributed by atoms with Gasteiger partial charge >= 0.3 is 0 Å². The maximum atomic E-state index is 13.7. The van der Waals surface area contributed by atoms with Gasteiger partial charge in [-0.2, -0.15) is 0 Å². The molecule has 0 bridgehead atoms. The molecule has 0 saturated heterocycles. The number of ether oxygens (including phenoxy) is 1. The molecule has 3 nitrogen and oxygen atoms in total. The van der Waals surface area contributed by atoms with Crippen molar-refractivity contribution >= 4 is 33.0 Å². The number of amides is 1. The number of thiophene rings is 1. The summed E-state index contributed by atoms with van der Waals surface area (Å²) in [5.41, 5.74) is 0.354. The van der Waals surface area contributed by atoms with Crippen LogP contribution in [0.15, 0.2) is 42.5 Å². The van der Waals surface area contributed by atoms with Gasteiger partial charge in [0.1, 0.15) is 17.4 Å². The lowest BCUT2D eigenvalue weighted by Crippen LogP contribution is -2.11. The Kier molecular flexibility index (Phi) is 3.77. The summed E-state index contributed by atoms with van der Waals surface area (Å²) in [6, 6.07) is 10.0. The van der Waals surface area contributed by atoms with Crippen LogP contribution in [0.2, 0.25) is 0 Å². The average Bonchev–Trinajstić information content (AvgIpc) is 2.94. The molecule has 1 heterocycles. The zero-order valence-electron chi connectivity index (χ0n) is 11.5. The van der Waals surface area contributed by atoms with E-state index in [0.29, 0.717) is 20.7 Å². The van der Waals surface area contributed by atoms with Crippen LogP contribution in [0.5, 0.6) is 5.75 Å². The Bertz CT molecular complexity index is 860. The van der Waals surface area contributed by atoms with E-state index in [-0.39, 0.29) is 11.6 Å². The van der Waals surface area contributed by atoms with Crippen molar-refractivity contribution in [2.24, 2.45) is 0 Å². The number of anilines is 1. The van der Waals surface area contributed by atoms with Gasteiger partial charge in [0, 0.05) is 16.2 Å². The summed E-state index contributed by atoms with van der Waals surface area (Å²) in [5, 5.41) is 3.05. The summed E-state index contributed by atoms with van der Waals surface area (Å²) in [7, 11) is 1.39. The fourth-order valence-corrected chi connectivity index (χ4v) is 3.06. The van der Waals surface area contributed by atoms with E-state index in [1.807, 2.05) is 0 Å². The highest BCUT2D eigenvalue weighted by molar-refractivity contribution is 7.20. The van der Waals surface area contributed by atoms with Gasteiger partial charge in [-0.1, -0.05) is 6.07 Å². The molecule has 0 unspecified atom stereocenters. The van der Waals surface area contributed by atoms with Crippen molar-refractivity contribution in [1.29, 1.82) is 0 Å². The van der Waals surface area contributed by atoms with Gasteiger partial charge in [0.25, 0.3) is 5.91 Å². The number of carbonyl (C=O) groups excluding carboxylic acids is 1. The first-order valence-electron chi connectivity index (χ1n) is 6.41. The summed E-state index contributed by atoms with van der Waals surface area (Å²) < 4.78 is 32.5. The molecule has 22 heavy (non-hydrogen) atoms. The number of rotatable bonds is 3. The summed E-state index contributed by atoms with van der Waals surface area (Å²) in [6.07, 6.45) is 0. The number of nitrogens with one attached hydrogen (secondary N) is 1. The van der Waals surface area contributed by atoms with Gasteiger partial charge in [-0.25, -0.2) is 8.78 Å². The topological polar surface area (TPSA) is 38.3 Å². The Morgan fingerprint density at radius 2 is 2.00 bits per heavy atom. The maximum absolute atomic E-state index is 13.7. The molecule has 1 aromatic heterocycles. The van der Waals surface area contributed by atoms with E-state index >= 15 is 0 Å². The first-order valence-corrected chi connectivity index (χ1v) is 7.23. The van der Waals surface area contributed by atoms with E-state index in [9.17, 15) is 13.6 Å². The molecule has 0 spiro atoms. The van der Waals surface area contributed by atoms with Crippen LogP contribution in [0.25, 0.3) is 10.1 Å². The normalized spacial score (nSPS) is 10.7. The lowest BCUT2D eigenvalue weighted by Gasteiger charge is -2.09. The summed E-state index contributed by atoms with van der Waals surface area (Å²) in [6.45, 7) is 0. The van der Waals surface area contributed by atoms with Gasteiger partial charge in [-0.05, 0) is 30.3 Å². The molecular weight excluding hydrogens is 308 g/mol. The Hall–Kier alpha value is -2.47. The molecular formula is C16H11F2NO2S. The van der Waals surface area contributed by atoms with Crippen LogP contribution >= 0.6 is 11.3 Å². The van der Waals surface area contributed by atoms with E-state index in [2.05, 4.69) is 5.32 Å². The van der Waals surface area contributed by atoms with E-state index in [0.717, 1.165) is 0 Å². The molecule has 0 aliphatic heterocycles. The highest BCUT2D eigenvalue weighted by Gasteiger charge is 2.14. The van der Waals surface area contributed by atoms with Crippen molar-refractivity contribution in [3.63, 3.8) is 0 Å². The standard InChI is InChI=1S/C16H11F2NO2S/c1-21-13-7-9(17)5-6-12(13)19-16(20)15-8-10-11(18)3-2-4-14(10)22-15/h2-8H,1H3,(H,19,20). The van der Waals surface area contributed by atoms with Crippen LogP contribution in [0.1, 0.15) is 9.67 Å².